The standard InChI is InChI=1S/C15H23N.C14H21NO/c1-15(2,3)16-12-8-7-11-14(16)13-9-5-4-6-10-13;1-14(2,3)15-9-10-16-11-13(15)12-7-5-4-6-8-12/h4-6,9-10,14H,7-8,11-12H2,1-3H3;4-8,13H,9-11H2,1-3H3. The van der Waals surface area contributed by atoms with Gasteiger partial charge in [0.25, 0.3) is 0 Å². The maximum atomic E-state index is 5.62. The third-order valence-corrected chi connectivity index (χ3v) is 6.72. The minimum atomic E-state index is 0.199. The lowest BCUT2D eigenvalue weighted by Crippen LogP contribution is -2.49. The molecule has 0 spiro atoms. The molecule has 2 aliphatic heterocycles. The van der Waals surface area contributed by atoms with Gasteiger partial charge in [-0.15, -0.1) is 0 Å². The number of nitrogens with zero attached hydrogens (tertiary/aromatic N) is 2. The van der Waals surface area contributed by atoms with Gasteiger partial charge in [-0.1, -0.05) is 67.1 Å². The van der Waals surface area contributed by atoms with E-state index in [0.717, 1.165) is 19.8 Å². The molecule has 0 aromatic heterocycles. The lowest BCUT2D eigenvalue weighted by Gasteiger charge is -2.45. The highest BCUT2D eigenvalue weighted by Crippen LogP contribution is 2.35. The number of piperidine rings is 1. The van der Waals surface area contributed by atoms with Gasteiger partial charge in [0.1, 0.15) is 0 Å². The van der Waals surface area contributed by atoms with Gasteiger partial charge in [-0.2, -0.15) is 0 Å². The molecular formula is C29H44N2O. The van der Waals surface area contributed by atoms with E-state index in [9.17, 15) is 0 Å². The molecule has 0 saturated carbocycles. The van der Waals surface area contributed by atoms with Crippen molar-refractivity contribution in [1.82, 2.24) is 9.80 Å². The van der Waals surface area contributed by atoms with Crippen LogP contribution in [0.15, 0.2) is 60.7 Å². The van der Waals surface area contributed by atoms with Gasteiger partial charge in [-0.3, -0.25) is 9.80 Å². The topological polar surface area (TPSA) is 15.7 Å². The van der Waals surface area contributed by atoms with Crippen molar-refractivity contribution in [3.05, 3.63) is 71.8 Å². The zero-order chi connectivity index (χ0) is 23.2. The SMILES string of the molecule is CC(C)(C)N1CCCCC1c1ccccc1.CC(C)(C)N1CCOCC1c1ccccc1. The number of likely N-dealkylation sites (tertiary alicyclic amines) is 1. The molecule has 4 rings (SSSR count). The molecule has 2 unspecified atom stereocenters. The normalized spacial score (nSPS) is 23.3. The molecule has 2 aromatic rings. The molecule has 2 aromatic carbocycles. The van der Waals surface area contributed by atoms with Crippen molar-refractivity contribution < 1.29 is 4.74 Å². The van der Waals surface area contributed by atoms with E-state index in [-0.39, 0.29) is 11.1 Å². The van der Waals surface area contributed by atoms with Gasteiger partial charge in [-0.05, 0) is 72.1 Å². The fraction of sp³-hybridized carbons (Fsp3) is 0.586. The Bertz CT molecular complexity index is 722. The second-order valence-electron chi connectivity index (χ2n) is 11.2. The largest absolute Gasteiger partial charge is 0.378 e. The number of ether oxygens (including phenoxy) is 1. The van der Waals surface area contributed by atoms with E-state index in [4.69, 9.17) is 4.74 Å². The third kappa shape index (κ3) is 6.66. The monoisotopic (exact) mass is 436 g/mol. The van der Waals surface area contributed by atoms with E-state index in [1.54, 1.807) is 0 Å². The van der Waals surface area contributed by atoms with E-state index < -0.39 is 0 Å². The number of morpholine rings is 1. The Labute approximate surface area is 196 Å². The van der Waals surface area contributed by atoms with Crippen molar-refractivity contribution in [3.63, 3.8) is 0 Å². The van der Waals surface area contributed by atoms with Gasteiger partial charge >= 0.3 is 0 Å². The predicted molar refractivity (Wildman–Crippen MR) is 136 cm³/mol. The average molecular weight is 437 g/mol. The first-order chi connectivity index (χ1) is 15.2. The summed E-state index contributed by atoms with van der Waals surface area (Å²) in [4.78, 5) is 5.19. The van der Waals surface area contributed by atoms with Gasteiger partial charge in [0, 0.05) is 23.7 Å². The van der Waals surface area contributed by atoms with Gasteiger partial charge < -0.3 is 4.74 Å². The van der Waals surface area contributed by atoms with Crippen LogP contribution in [0, 0.1) is 0 Å². The highest BCUT2D eigenvalue weighted by molar-refractivity contribution is 5.21. The Morgan fingerprint density at radius 2 is 1.16 bits per heavy atom. The van der Waals surface area contributed by atoms with Crippen molar-refractivity contribution in [3.8, 4) is 0 Å². The Hall–Kier alpha value is -1.68. The van der Waals surface area contributed by atoms with Crippen LogP contribution in [0.25, 0.3) is 0 Å². The van der Waals surface area contributed by atoms with Gasteiger partial charge in [0.2, 0.25) is 0 Å². The molecule has 3 heteroatoms. The molecule has 32 heavy (non-hydrogen) atoms. The lowest BCUT2D eigenvalue weighted by molar-refractivity contribution is -0.0506. The van der Waals surface area contributed by atoms with Crippen LogP contribution in [0.1, 0.15) is 84.0 Å². The molecule has 2 saturated heterocycles. The first-order valence-corrected chi connectivity index (χ1v) is 12.4. The van der Waals surface area contributed by atoms with Crippen LogP contribution in [0.2, 0.25) is 0 Å². The van der Waals surface area contributed by atoms with E-state index in [1.165, 1.54) is 36.9 Å². The summed E-state index contributed by atoms with van der Waals surface area (Å²) >= 11 is 0. The van der Waals surface area contributed by atoms with Gasteiger partial charge in [0.15, 0.2) is 0 Å². The number of hydrogen-bond donors (Lipinski definition) is 0. The Kier molecular flexibility index (Phi) is 8.55. The quantitative estimate of drug-likeness (QED) is 0.511. The van der Waals surface area contributed by atoms with Crippen molar-refractivity contribution >= 4 is 0 Å². The molecule has 2 heterocycles. The fourth-order valence-corrected chi connectivity index (χ4v) is 5.11. The molecule has 3 nitrogen and oxygen atoms in total. The van der Waals surface area contributed by atoms with Crippen LogP contribution in [-0.2, 0) is 4.74 Å². The van der Waals surface area contributed by atoms with Crippen molar-refractivity contribution in [2.45, 2.75) is 84.0 Å². The maximum Gasteiger partial charge on any atom is 0.0664 e. The van der Waals surface area contributed by atoms with Crippen molar-refractivity contribution in [1.29, 1.82) is 0 Å². The first-order valence-electron chi connectivity index (χ1n) is 12.4. The van der Waals surface area contributed by atoms with Gasteiger partial charge in [0.05, 0.1) is 19.3 Å². The summed E-state index contributed by atoms with van der Waals surface area (Å²) in [5, 5.41) is 0. The summed E-state index contributed by atoms with van der Waals surface area (Å²) in [6.07, 6.45) is 4.02. The van der Waals surface area contributed by atoms with E-state index >= 15 is 0 Å². The molecule has 0 aliphatic carbocycles. The van der Waals surface area contributed by atoms with Crippen LogP contribution in [0.5, 0.6) is 0 Å². The minimum Gasteiger partial charge on any atom is -0.378 e. The van der Waals surface area contributed by atoms with Crippen LogP contribution in [-0.4, -0.2) is 47.2 Å². The highest BCUT2D eigenvalue weighted by atomic mass is 16.5. The summed E-state index contributed by atoms with van der Waals surface area (Å²) in [7, 11) is 0. The molecule has 0 bridgehead atoms. The zero-order valence-electron chi connectivity index (χ0n) is 21.2. The molecule has 2 aliphatic rings. The summed E-state index contributed by atoms with van der Waals surface area (Å²) in [5.74, 6) is 0. The van der Waals surface area contributed by atoms with E-state index in [1.807, 2.05) is 0 Å². The van der Waals surface area contributed by atoms with Crippen LogP contribution in [0.3, 0.4) is 0 Å². The van der Waals surface area contributed by atoms with Crippen LogP contribution in [0.4, 0.5) is 0 Å². The molecule has 2 atom stereocenters. The summed E-state index contributed by atoms with van der Waals surface area (Å²) in [6, 6.07) is 22.6. The number of hydrogen-bond acceptors (Lipinski definition) is 3. The number of rotatable bonds is 2. The Morgan fingerprint density at radius 1 is 0.656 bits per heavy atom. The Morgan fingerprint density at radius 3 is 1.69 bits per heavy atom. The third-order valence-electron chi connectivity index (χ3n) is 6.72. The highest BCUT2D eigenvalue weighted by Gasteiger charge is 2.33. The molecule has 0 amide bonds. The maximum absolute atomic E-state index is 5.62. The van der Waals surface area contributed by atoms with E-state index in [2.05, 4.69) is 112 Å². The van der Waals surface area contributed by atoms with Crippen LogP contribution >= 0.6 is 0 Å². The molecule has 0 radical (unpaired) electrons. The average Bonchev–Trinajstić information content (AvgIpc) is 2.80. The summed E-state index contributed by atoms with van der Waals surface area (Å²) < 4.78 is 5.62. The van der Waals surface area contributed by atoms with E-state index in [0.29, 0.717) is 12.1 Å². The molecule has 2 fully saturated rings. The Balaban J connectivity index is 0.000000181. The minimum absolute atomic E-state index is 0.199. The fourth-order valence-electron chi connectivity index (χ4n) is 5.11. The van der Waals surface area contributed by atoms with Crippen molar-refractivity contribution in [2.75, 3.05) is 26.3 Å². The molecule has 0 N–H and O–H groups in total. The summed E-state index contributed by atoms with van der Waals surface area (Å²) in [6.45, 7) is 17.7. The zero-order valence-corrected chi connectivity index (χ0v) is 21.2. The second-order valence-corrected chi connectivity index (χ2v) is 11.2. The molecular weight excluding hydrogens is 392 g/mol. The first kappa shape index (κ1) is 25.0. The summed E-state index contributed by atoms with van der Waals surface area (Å²) in [5.41, 5.74) is 3.32. The smallest absolute Gasteiger partial charge is 0.0664 e. The van der Waals surface area contributed by atoms with Gasteiger partial charge in [-0.25, -0.2) is 0 Å². The number of benzene rings is 2. The second kappa shape index (κ2) is 11.0. The predicted octanol–water partition coefficient (Wildman–Crippen LogP) is 6.87. The van der Waals surface area contributed by atoms with Crippen LogP contribution < -0.4 is 0 Å². The molecule has 176 valence electrons. The lowest BCUT2D eigenvalue weighted by atomic mass is 9.90. The van der Waals surface area contributed by atoms with Crippen molar-refractivity contribution in [2.24, 2.45) is 0 Å².